The van der Waals surface area contributed by atoms with Crippen LogP contribution in [0.25, 0.3) is 0 Å². The molecule has 0 radical (unpaired) electrons. The zero-order valence-electron chi connectivity index (χ0n) is 21.6. The summed E-state index contributed by atoms with van der Waals surface area (Å²) in [7, 11) is 0. The molecule has 2 aliphatic heterocycles. The van der Waals surface area contributed by atoms with Crippen molar-refractivity contribution in [2.75, 3.05) is 13.1 Å². The van der Waals surface area contributed by atoms with E-state index in [0.29, 0.717) is 48.8 Å². The third-order valence-electron chi connectivity index (χ3n) is 7.26. The van der Waals surface area contributed by atoms with E-state index >= 15 is 0 Å². The molecule has 3 heterocycles. The van der Waals surface area contributed by atoms with Gasteiger partial charge in [-0.15, -0.1) is 0 Å². The Balaban J connectivity index is 1.61. The summed E-state index contributed by atoms with van der Waals surface area (Å²) in [5, 5.41) is 10.9. The number of aromatic hydroxyl groups is 1. The van der Waals surface area contributed by atoms with Crippen LogP contribution in [0.3, 0.4) is 0 Å². The number of benzene rings is 1. The van der Waals surface area contributed by atoms with Crippen molar-refractivity contribution in [1.29, 1.82) is 0 Å². The standard InChI is InChI=1S/C28H37F2N3O3/c1-17(2)12-22-10-11-31(14-18(3)4)24-16-32-15-20(26(34)27(35)25(32)28(36)33(22)24)7-5-6-19-8-9-21(29)13-23(19)30/h8-9,13,15,17-18,22,24,35H,5-7,10-12,14,16H2,1-4H3/t22-,24+/m1/s1. The van der Waals surface area contributed by atoms with Crippen LogP contribution >= 0.6 is 0 Å². The van der Waals surface area contributed by atoms with Gasteiger partial charge in [-0.3, -0.25) is 14.5 Å². The minimum Gasteiger partial charge on any atom is -0.503 e. The second-order valence-electron chi connectivity index (χ2n) is 11.1. The molecule has 0 bridgehead atoms. The van der Waals surface area contributed by atoms with Gasteiger partial charge in [0, 0.05) is 37.0 Å². The fourth-order valence-electron chi connectivity index (χ4n) is 5.73. The molecule has 4 rings (SSSR count). The van der Waals surface area contributed by atoms with Gasteiger partial charge in [-0.2, -0.15) is 0 Å². The quantitative estimate of drug-likeness (QED) is 0.576. The summed E-state index contributed by atoms with van der Waals surface area (Å²) in [4.78, 5) is 31.0. The Kier molecular flexibility index (Phi) is 7.83. The molecule has 1 aromatic carbocycles. The lowest BCUT2D eigenvalue weighted by Gasteiger charge is -2.52. The van der Waals surface area contributed by atoms with E-state index in [2.05, 4.69) is 32.6 Å². The van der Waals surface area contributed by atoms with Gasteiger partial charge >= 0.3 is 0 Å². The van der Waals surface area contributed by atoms with Gasteiger partial charge in [0.05, 0.1) is 6.54 Å². The average Bonchev–Trinajstić information content (AvgIpc) is 2.79. The van der Waals surface area contributed by atoms with Crippen molar-refractivity contribution in [1.82, 2.24) is 14.4 Å². The number of carbonyl (C=O) groups is 1. The summed E-state index contributed by atoms with van der Waals surface area (Å²) in [5.41, 5.74) is 0.283. The fraction of sp³-hybridized carbons (Fsp3) is 0.571. The highest BCUT2D eigenvalue weighted by atomic mass is 19.1. The first-order chi connectivity index (χ1) is 17.1. The number of hydrogen-bond donors (Lipinski definition) is 1. The molecule has 1 fully saturated rings. The topological polar surface area (TPSA) is 65.8 Å². The number of carbonyl (C=O) groups excluding carboxylic acids is 1. The van der Waals surface area contributed by atoms with Gasteiger partial charge < -0.3 is 14.6 Å². The van der Waals surface area contributed by atoms with E-state index in [0.717, 1.165) is 32.0 Å². The Hall–Kier alpha value is -2.74. The summed E-state index contributed by atoms with van der Waals surface area (Å²) >= 11 is 0. The number of hydrogen-bond acceptors (Lipinski definition) is 4. The Morgan fingerprint density at radius 3 is 2.44 bits per heavy atom. The van der Waals surface area contributed by atoms with E-state index in [4.69, 9.17) is 0 Å². The molecule has 0 saturated carbocycles. The molecule has 36 heavy (non-hydrogen) atoms. The Morgan fingerprint density at radius 1 is 1.06 bits per heavy atom. The number of aromatic nitrogens is 1. The van der Waals surface area contributed by atoms with Crippen molar-refractivity contribution < 1.29 is 18.7 Å². The Bertz CT molecular complexity index is 1180. The van der Waals surface area contributed by atoms with Crippen LogP contribution in [0.15, 0.2) is 29.2 Å². The molecule has 1 aromatic heterocycles. The normalized spacial score (nSPS) is 20.2. The summed E-state index contributed by atoms with van der Waals surface area (Å²) < 4.78 is 28.9. The maximum atomic E-state index is 14.0. The molecule has 0 aliphatic carbocycles. The van der Waals surface area contributed by atoms with Gasteiger partial charge in [0.1, 0.15) is 17.8 Å². The molecule has 1 N–H and O–H groups in total. The smallest absolute Gasteiger partial charge is 0.276 e. The maximum Gasteiger partial charge on any atom is 0.276 e. The molecule has 1 saturated heterocycles. The van der Waals surface area contributed by atoms with Gasteiger partial charge in [-0.25, -0.2) is 8.78 Å². The monoisotopic (exact) mass is 501 g/mol. The number of pyridine rings is 1. The molecule has 6 nitrogen and oxygen atoms in total. The number of amides is 1. The third-order valence-corrected chi connectivity index (χ3v) is 7.26. The first kappa shape index (κ1) is 26.3. The lowest BCUT2D eigenvalue weighted by Crippen LogP contribution is -2.64. The van der Waals surface area contributed by atoms with Crippen LogP contribution in [0, 0.1) is 23.5 Å². The van der Waals surface area contributed by atoms with E-state index in [9.17, 15) is 23.5 Å². The van der Waals surface area contributed by atoms with Gasteiger partial charge in [0.2, 0.25) is 5.43 Å². The molecule has 0 spiro atoms. The summed E-state index contributed by atoms with van der Waals surface area (Å²) in [6, 6.07) is 3.55. The van der Waals surface area contributed by atoms with Crippen molar-refractivity contribution in [3.05, 3.63) is 63.1 Å². The zero-order valence-corrected chi connectivity index (χ0v) is 21.6. The van der Waals surface area contributed by atoms with E-state index in [1.807, 2.05) is 4.90 Å². The maximum absolute atomic E-state index is 14.0. The van der Waals surface area contributed by atoms with Crippen LogP contribution in [0.2, 0.25) is 0 Å². The molecule has 2 aromatic rings. The van der Waals surface area contributed by atoms with Gasteiger partial charge in [0.15, 0.2) is 11.4 Å². The van der Waals surface area contributed by atoms with Crippen molar-refractivity contribution in [2.24, 2.45) is 11.8 Å². The number of rotatable bonds is 8. The van der Waals surface area contributed by atoms with Gasteiger partial charge in [-0.05, 0) is 55.6 Å². The van der Waals surface area contributed by atoms with E-state index in [1.165, 1.54) is 12.1 Å². The van der Waals surface area contributed by atoms with Gasteiger partial charge in [-0.1, -0.05) is 33.8 Å². The Morgan fingerprint density at radius 2 is 1.78 bits per heavy atom. The predicted octanol–water partition coefficient (Wildman–Crippen LogP) is 4.57. The molecule has 8 heteroatoms. The number of fused-ring (bicyclic) bond motifs is 2. The Labute approximate surface area is 211 Å². The van der Waals surface area contributed by atoms with Gasteiger partial charge in [0.25, 0.3) is 5.91 Å². The second kappa shape index (κ2) is 10.7. The van der Waals surface area contributed by atoms with Crippen LogP contribution in [-0.4, -0.2) is 50.7 Å². The minimum absolute atomic E-state index is 0.0599. The van der Waals surface area contributed by atoms with Crippen LogP contribution in [0.5, 0.6) is 5.75 Å². The van der Waals surface area contributed by atoms with E-state index in [-0.39, 0.29) is 23.8 Å². The number of aryl methyl sites for hydroxylation is 2. The van der Waals surface area contributed by atoms with Crippen molar-refractivity contribution in [3.63, 3.8) is 0 Å². The lowest BCUT2D eigenvalue weighted by atomic mass is 9.93. The highest BCUT2D eigenvalue weighted by Gasteiger charge is 2.44. The average molecular weight is 502 g/mol. The zero-order chi connectivity index (χ0) is 26.1. The molecule has 2 atom stereocenters. The predicted molar refractivity (Wildman–Crippen MR) is 135 cm³/mol. The summed E-state index contributed by atoms with van der Waals surface area (Å²) in [6.07, 6.45) is 4.41. The number of halogens is 2. The highest BCUT2D eigenvalue weighted by Crippen LogP contribution is 2.33. The lowest BCUT2D eigenvalue weighted by molar-refractivity contribution is -0.0449. The van der Waals surface area contributed by atoms with Crippen LogP contribution in [0.4, 0.5) is 8.78 Å². The largest absolute Gasteiger partial charge is 0.503 e. The van der Waals surface area contributed by atoms with Crippen LogP contribution < -0.4 is 5.43 Å². The van der Waals surface area contributed by atoms with E-state index < -0.39 is 22.8 Å². The van der Waals surface area contributed by atoms with Crippen LogP contribution in [-0.2, 0) is 19.4 Å². The third kappa shape index (κ3) is 5.33. The van der Waals surface area contributed by atoms with Crippen molar-refractivity contribution in [2.45, 2.75) is 78.6 Å². The van der Waals surface area contributed by atoms with Crippen molar-refractivity contribution in [3.8, 4) is 5.75 Å². The van der Waals surface area contributed by atoms with Crippen molar-refractivity contribution >= 4 is 5.91 Å². The first-order valence-corrected chi connectivity index (χ1v) is 13.0. The molecule has 2 aliphatic rings. The second-order valence-corrected chi connectivity index (χ2v) is 11.1. The first-order valence-electron chi connectivity index (χ1n) is 13.0. The highest BCUT2D eigenvalue weighted by molar-refractivity contribution is 5.96. The molecular weight excluding hydrogens is 464 g/mol. The minimum atomic E-state index is -0.627. The SMILES string of the molecule is CC(C)C[C@H]1CCN(CC(C)C)[C@@H]2Cn3cc(CCCc4ccc(F)cc4F)c(=O)c(O)c3C(=O)N12. The number of nitrogens with zero attached hydrogens (tertiary/aromatic N) is 3. The van der Waals surface area contributed by atoms with E-state index in [1.54, 1.807) is 10.8 Å². The van der Waals surface area contributed by atoms with Crippen LogP contribution in [0.1, 0.15) is 68.6 Å². The molecular formula is C28H37F2N3O3. The molecule has 196 valence electrons. The summed E-state index contributed by atoms with van der Waals surface area (Å²) in [6.45, 7) is 10.9. The molecule has 0 unspecified atom stereocenters. The summed E-state index contributed by atoms with van der Waals surface area (Å²) in [5.74, 6) is -1.17. The molecule has 1 amide bonds. The fourth-order valence-corrected chi connectivity index (χ4v) is 5.73.